The Bertz CT molecular complexity index is 580. The quantitative estimate of drug-likeness (QED) is 0.516. The first-order chi connectivity index (χ1) is 12.0. The highest BCUT2D eigenvalue weighted by Gasteiger charge is 2.41. The number of halogens is 1. The minimum atomic E-state index is -1.88. The first-order valence-corrected chi connectivity index (χ1v) is 8.40. The van der Waals surface area contributed by atoms with E-state index < -0.39 is 35.9 Å². The lowest BCUT2D eigenvalue weighted by atomic mass is 10.1. The first kappa shape index (κ1) is 20.9. The van der Waals surface area contributed by atoms with Gasteiger partial charge in [-0.3, -0.25) is 4.79 Å². The Morgan fingerprint density at radius 3 is 2.16 bits per heavy atom. The van der Waals surface area contributed by atoms with Crippen LogP contribution in [-0.4, -0.2) is 59.1 Å². The summed E-state index contributed by atoms with van der Waals surface area (Å²) in [6.07, 6.45) is -1.88. The Kier molecular flexibility index (Phi) is 8.94. The van der Waals surface area contributed by atoms with Gasteiger partial charge in [0, 0.05) is 6.54 Å². The highest BCUT2D eigenvalue weighted by Crippen LogP contribution is 2.15. The summed E-state index contributed by atoms with van der Waals surface area (Å²) in [6, 6.07) is 7.26. The zero-order valence-electron chi connectivity index (χ0n) is 14.2. The van der Waals surface area contributed by atoms with Gasteiger partial charge in [0.2, 0.25) is 5.91 Å². The normalized spacial score (nSPS) is 12.8. The monoisotopic (exact) mass is 371 g/mol. The fourth-order valence-corrected chi connectivity index (χ4v) is 2.36. The molecule has 0 bridgehead atoms. The molecule has 0 aliphatic heterocycles. The minimum Gasteiger partial charge on any atom is -0.464 e. The number of aliphatic hydroxyl groups excluding tert-OH is 1. The van der Waals surface area contributed by atoms with E-state index in [0.717, 1.165) is 4.90 Å². The van der Waals surface area contributed by atoms with Gasteiger partial charge in [-0.15, -0.1) is 11.6 Å². The molecule has 8 heteroatoms. The first-order valence-electron chi connectivity index (χ1n) is 7.86. The third-order valence-corrected chi connectivity index (χ3v) is 3.55. The van der Waals surface area contributed by atoms with Crippen molar-refractivity contribution in [2.75, 3.05) is 19.1 Å². The molecule has 0 heterocycles. The smallest absolute Gasteiger partial charge is 0.337 e. The van der Waals surface area contributed by atoms with Gasteiger partial charge in [0.1, 0.15) is 5.88 Å². The number of nitrogens with zero attached hydrogens (tertiary/aromatic N) is 1. The molecule has 0 unspecified atom stereocenters. The fourth-order valence-electron chi connectivity index (χ4n) is 2.21. The summed E-state index contributed by atoms with van der Waals surface area (Å²) in [5, 5.41) is 10.3. The third-order valence-electron chi connectivity index (χ3n) is 3.32. The number of benzene rings is 1. The number of aliphatic hydroxyl groups is 1. The summed E-state index contributed by atoms with van der Waals surface area (Å²) >= 11 is 5.64. The molecule has 1 N–H and O–H groups in total. The van der Waals surface area contributed by atoms with Crippen molar-refractivity contribution in [3.8, 4) is 0 Å². The molecule has 0 radical (unpaired) electrons. The van der Waals surface area contributed by atoms with Crippen LogP contribution in [0, 0.1) is 0 Å². The SMILES string of the molecule is CCOC(=O)[C@H](O)[C@H](C(=O)OCC)N(Cc1ccccc1)C(=O)CCl. The summed E-state index contributed by atoms with van der Waals surface area (Å²) in [5.74, 6) is -2.96. The van der Waals surface area contributed by atoms with E-state index in [9.17, 15) is 19.5 Å². The largest absolute Gasteiger partial charge is 0.464 e. The summed E-state index contributed by atoms with van der Waals surface area (Å²) in [5.41, 5.74) is 0.700. The van der Waals surface area contributed by atoms with Crippen LogP contribution < -0.4 is 0 Å². The maximum atomic E-state index is 12.3. The number of rotatable bonds is 9. The van der Waals surface area contributed by atoms with E-state index in [0.29, 0.717) is 5.56 Å². The highest BCUT2D eigenvalue weighted by molar-refractivity contribution is 6.27. The average Bonchev–Trinajstić information content (AvgIpc) is 2.61. The van der Waals surface area contributed by atoms with E-state index in [1.54, 1.807) is 44.2 Å². The van der Waals surface area contributed by atoms with Crippen molar-refractivity contribution in [2.45, 2.75) is 32.5 Å². The predicted molar refractivity (Wildman–Crippen MR) is 90.8 cm³/mol. The van der Waals surface area contributed by atoms with Crippen LogP contribution in [0.25, 0.3) is 0 Å². The van der Waals surface area contributed by atoms with Gasteiger partial charge in [0.15, 0.2) is 12.1 Å². The Morgan fingerprint density at radius 2 is 1.64 bits per heavy atom. The van der Waals surface area contributed by atoms with Crippen molar-refractivity contribution in [1.29, 1.82) is 0 Å². The molecule has 0 aliphatic rings. The standard InChI is InChI=1S/C17H22ClNO6/c1-3-24-16(22)14(15(21)17(23)25-4-2)19(13(20)10-18)11-12-8-6-5-7-9-12/h5-9,14-15,21H,3-4,10-11H2,1-2H3/t14-,15-/m1/s1. The van der Waals surface area contributed by atoms with E-state index >= 15 is 0 Å². The van der Waals surface area contributed by atoms with Gasteiger partial charge in [-0.05, 0) is 19.4 Å². The zero-order valence-corrected chi connectivity index (χ0v) is 14.9. The maximum absolute atomic E-state index is 12.3. The van der Waals surface area contributed by atoms with Gasteiger partial charge in [-0.2, -0.15) is 0 Å². The number of hydrogen-bond donors (Lipinski definition) is 1. The Morgan fingerprint density at radius 1 is 1.08 bits per heavy atom. The van der Waals surface area contributed by atoms with Crippen LogP contribution in [-0.2, 0) is 30.4 Å². The van der Waals surface area contributed by atoms with Gasteiger partial charge in [-0.1, -0.05) is 30.3 Å². The average molecular weight is 372 g/mol. The van der Waals surface area contributed by atoms with Gasteiger partial charge in [-0.25, -0.2) is 9.59 Å². The second-order valence-corrected chi connectivity index (χ2v) is 5.30. The molecule has 25 heavy (non-hydrogen) atoms. The van der Waals surface area contributed by atoms with Crippen molar-refractivity contribution < 1.29 is 29.0 Å². The van der Waals surface area contributed by atoms with Crippen LogP contribution in [0.5, 0.6) is 0 Å². The molecule has 1 aromatic rings. The number of hydrogen-bond acceptors (Lipinski definition) is 6. The van der Waals surface area contributed by atoms with Crippen molar-refractivity contribution in [3.05, 3.63) is 35.9 Å². The van der Waals surface area contributed by atoms with Gasteiger partial charge in [0.05, 0.1) is 13.2 Å². The number of carbonyl (C=O) groups is 3. The summed E-state index contributed by atoms with van der Waals surface area (Å²) in [7, 11) is 0. The number of esters is 2. The lowest BCUT2D eigenvalue weighted by Crippen LogP contribution is -2.55. The van der Waals surface area contributed by atoms with Crippen LogP contribution >= 0.6 is 11.6 Å². The van der Waals surface area contributed by atoms with Gasteiger partial charge < -0.3 is 19.5 Å². The molecular weight excluding hydrogens is 350 g/mol. The Balaban J connectivity index is 3.19. The zero-order chi connectivity index (χ0) is 18.8. The van der Waals surface area contributed by atoms with E-state index in [1.165, 1.54) is 0 Å². The lowest BCUT2D eigenvalue weighted by Gasteiger charge is -2.32. The molecule has 2 atom stereocenters. The van der Waals surface area contributed by atoms with Crippen molar-refractivity contribution in [1.82, 2.24) is 4.90 Å². The van der Waals surface area contributed by atoms with Crippen LogP contribution in [0.2, 0.25) is 0 Å². The number of amides is 1. The van der Waals surface area contributed by atoms with Crippen molar-refractivity contribution >= 4 is 29.4 Å². The lowest BCUT2D eigenvalue weighted by molar-refractivity contribution is -0.171. The molecule has 1 aromatic carbocycles. The maximum Gasteiger partial charge on any atom is 0.337 e. The van der Waals surface area contributed by atoms with Crippen molar-refractivity contribution in [3.63, 3.8) is 0 Å². The third kappa shape index (κ3) is 6.03. The highest BCUT2D eigenvalue weighted by atomic mass is 35.5. The fraction of sp³-hybridized carbons (Fsp3) is 0.471. The van der Waals surface area contributed by atoms with Crippen LogP contribution in [0.1, 0.15) is 19.4 Å². The second-order valence-electron chi connectivity index (χ2n) is 5.03. The summed E-state index contributed by atoms with van der Waals surface area (Å²) in [6.45, 7) is 3.17. The van der Waals surface area contributed by atoms with E-state index in [-0.39, 0.29) is 19.8 Å². The van der Waals surface area contributed by atoms with Crippen LogP contribution in [0.4, 0.5) is 0 Å². The Hall–Kier alpha value is -2.12. The van der Waals surface area contributed by atoms with Crippen LogP contribution in [0.3, 0.4) is 0 Å². The summed E-state index contributed by atoms with van der Waals surface area (Å²) < 4.78 is 9.68. The van der Waals surface area contributed by atoms with E-state index in [1.807, 2.05) is 0 Å². The Labute approximate surface area is 151 Å². The molecule has 0 aliphatic carbocycles. The molecule has 0 fully saturated rings. The van der Waals surface area contributed by atoms with Gasteiger partial charge in [0.25, 0.3) is 0 Å². The van der Waals surface area contributed by atoms with Crippen molar-refractivity contribution in [2.24, 2.45) is 0 Å². The molecule has 0 spiro atoms. The molecule has 0 saturated carbocycles. The topological polar surface area (TPSA) is 93.1 Å². The van der Waals surface area contributed by atoms with E-state index in [4.69, 9.17) is 21.1 Å². The molecule has 138 valence electrons. The molecule has 7 nitrogen and oxygen atoms in total. The number of ether oxygens (including phenoxy) is 2. The van der Waals surface area contributed by atoms with Crippen LogP contribution in [0.15, 0.2) is 30.3 Å². The molecule has 1 amide bonds. The molecular formula is C17H22ClNO6. The summed E-state index contributed by atoms with van der Waals surface area (Å²) in [4.78, 5) is 37.5. The molecule has 1 rings (SSSR count). The minimum absolute atomic E-state index is 0.0214. The number of alkyl halides is 1. The predicted octanol–water partition coefficient (Wildman–Crippen LogP) is 1.11. The van der Waals surface area contributed by atoms with Gasteiger partial charge >= 0.3 is 11.9 Å². The molecule has 0 saturated heterocycles. The second kappa shape index (κ2) is 10.7. The molecule has 0 aromatic heterocycles. The number of carbonyl (C=O) groups excluding carboxylic acids is 3. The van der Waals surface area contributed by atoms with E-state index in [2.05, 4.69) is 0 Å².